The lowest BCUT2D eigenvalue weighted by molar-refractivity contribution is 0.171. The minimum absolute atomic E-state index is 0.785. The molecule has 0 aliphatic carbocycles. The molecule has 1 fully saturated rings. The fourth-order valence-electron chi connectivity index (χ4n) is 2.88. The number of aryl methyl sites for hydroxylation is 1. The largest absolute Gasteiger partial charge is 0.350 e. The molecule has 2 rings (SSSR count). The van der Waals surface area contributed by atoms with Crippen LogP contribution in [0.3, 0.4) is 0 Å². The Morgan fingerprint density at radius 3 is 3.06 bits per heavy atom. The molecule has 0 amide bonds. The highest BCUT2D eigenvalue weighted by molar-refractivity contribution is 5.06. The van der Waals surface area contributed by atoms with Gasteiger partial charge in [-0.1, -0.05) is 13.3 Å². The molecule has 0 saturated carbocycles. The van der Waals surface area contributed by atoms with E-state index in [9.17, 15) is 0 Å². The molecule has 18 heavy (non-hydrogen) atoms. The van der Waals surface area contributed by atoms with E-state index in [2.05, 4.69) is 47.1 Å². The van der Waals surface area contributed by atoms with E-state index in [1.807, 2.05) is 0 Å². The van der Waals surface area contributed by atoms with Gasteiger partial charge in [0.2, 0.25) is 0 Å². The highest BCUT2D eigenvalue weighted by Gasteiger charge is 2.18. The van der Waals surface area contributed by atoms with Crippen LogP contribution in [0.2, 0.25) is 0 Å². The maximum absolute atomic E-state index is 3.41. The number of nitrogens with one attached hydrogen (secondary N) is 1. The van der Waals surface area contributed by atoms with Crippen molar-refractivity contribution in [2.75, 3.05) is 20.1 Å². The normalized spacial score (nSPS) is 21.3. The summed E-state index contributed by atoms with van der Waals surface area (Å²) < 4.78 is 2.41. The van der Waals surface area contributed by atoms with Gasteiger partial charge in [-0.2, -0.15) is 0 Å². The van der Waals surface area contributed by atoms with Gasteiger partial charge in [-0.05, 0) is 51.5 Å². The Balaban J connectivity index is 1.83. The summed E-state index contributed by atoms with van der Waals surface area (Å²) in [4.78, 5) is 2.54. The van der Waals surface area contributed by atoms with Crippen molar-refractivity contribution in [2.24, 2.45) is 0 Å². The zero-order valence-corrected chi connectivity index (χ0v) is 11.9. The minimum Gasteiger partial charge on any atom is -0.350 e. The first-order valence-electron chi connectivity index (χ1n) is 7.36. The molecule has 1 saturated heterocycles. The standard InChI is InChI=1S/C15H27N3/c1-3-16-13-15-8-6-11-18(15)12-9-14-7-4-5-10-17(14)2/h6,8,11,14,16H,3-5,7,9-10,12-13H2,1-2H3. The second-order valence-corrected chi connectivity index (χ2v) is 5.39. The van der Waals surface area contributed by atoms with Gasteiger partial charge in [-0.15, -0.1) is 0 Å². The third-order valence-electron chi connectivity index (χ3n) is 4.10. The second kappa shape index (κ2) is 6.95. The Morgan fingerprint density at radius 2 is 2.28 bits per heavy atom. The smallest absolute Gasteiger partial charge is 0.0359 e. The zero-order chi connectivity index (χ0) is 12.8. The summed E-state index contributed by atoms with van der Waals surface area (Å²) in [6, 6.07) is 5.18. The van der Waals surface area contributed by atoms with Gasteiger partial charge in [0.15, 0.2) is 0 Å². The average Bonchev–Trinajstić information content (AvgIpc) is 2.83. The molecule has 1 aromatic heterocycles. The maximum atomic E-state index is 3.41. The van der Waals surface area contributed by atoms with E-state index in [0.29, 0.717) is 0 Å². The average molecular weight is 249 g/mol. The number of hydrogen-bond donors (Lipinski definition) is 1. The van der Waals surface area contributed by atoms with Crippen LogP contribution in [0.5, 0.6) is 0 Å². The third kappa shape index (κ3) is 3.59. The molecule has 0 aromatic carbocycles. The Morgan fingerprint density at radius 1 is 1.39 bits per heavy atom. The number of piperidine rings is 1. The number of hydrogen-bond acceptors (Lipinski definition) is 2. The number of nitrogens with zero attached hydrogens (tertiary/aromatic N) is 2. The van der Waals surface area contributed by atoms with Crippen molar-refractivity contribution in [3.05, 3.63) is 24.0 Å². The lowest BCUT2D eigenvalue weighted by Gasteiger charge is -2.32. The molecule has 0 radical (unpaired) electrons. The van der Waals surface area contributed by atoms with Crippen molar-refractivity contribution in [3.63, 3.8) is 0 Å². The quantitative estimate of drug-likeness (QED) is 0.836. The van der Waals surface area contributed by atoms with Crippen LogP contribution in [0.1, 0.15) is 38.3 Å². The Hall–Kier alpha value is -0.800. The highest BCUT2D eigenvalue weighted by Crippen LogP contribution is 2.18. The summed E-state index contributed by atoms with van der Waals surface area (Å²) in [6.07, 6.45) is 7.66. The van der Waals surface area contributed by atoms with Crippen molar-refractivity contribution < 1.29 is 0 Å². The highest BCUT2D eigenvalue weighted by atomic mass is 15.1. The van der Waals surface area contributed by atoms with Gasteiger partial charge in [0.25, 0.3) is 0 Å². The summed E-state index contributed by atoms with van der Waals surface area (Å²) in [5, 5.41) is 3.41. The molecule has 1 aliphatic rings. The van der Waals surface area contributed by atoms with E-state index in [1.165, 1.54) is 37.9 Å². The molecule has 102 valence electrons. The molecule has 1 aromatic rings. The van der Waals surface area contributed by atoms with Gasteiger partial charge >= 0.3 is 0 Å². The van der Waals surface area contributed by atoms with Gasteiger partial charge < -0.3 is 14.8 Å². The molecule has 1 aliphatic heterocycles. The Kier molecular flexibility index (Phi) is 5.26. The lowest BCUT2D eigenvalue weighted by atomic mass is 10.0. The van der Waals surface area contributed by atoms with Crippen LogP contribution >= 0.6 is 0 Å². The first kappa shape index (κ1) is 13.6. The second-order valence-electron chi connectivity index (χ2n) is 5.39. The van der Waals surface area contributed by atoms with Crippen molar-refractivity contribution in [1.82, 2.24) is 14.8 Å². The molecule has 2 heterocycles. The van der Waals surface area contributed by atoms with E-state index < -0.39 is 0 Å². The van der Waals surface area contributed by atoms with Crippen LogP contribution in [0, 0.1) is 0 Å². The fraction of sp³-hybridized carbons (Fsp3) is 0.733. The predicted octanol–water partition coefficient (Wildman–Crippen LogP) is 2.47. The van der Waals surface area contributed by atoms with Crippen molar-refractivity contribution in [2.45, 2.75) is 51.7 Å². The van der Waals surface area contributed by atoms with Crippen LogP contribution in [-0.4, -0.2) is 35.6 Å². The minimum atomic E-state index is 0.785. The van der Waals surface area contributed by atoms with Gasteiger partial charge in [0, 0.05) is 31.0 Å². The summed E-state index contributed by atoms with van der Waals surface area (Å²) in [5.41, 5.74) is 1.41. The van der Waals surface area contributed by atoms with Crippen LogP contribution in [-0.2, 0) is 13.1 Å². The number of aromatic nitrogens is 1. The van der Waals surface area contributed by atoms with E-state index in [0.717, 1.165) is 25.7 Å². The lowest BCUT2D eigenvalue weighted by Crippen LogP contribution is -2.36. The molecule has 0 bridgehead atoms. The van der Waals surface area contributed by atoms with Crippen LogP contribution in [0.15, 0.2) is 18.3 Å². The number of rotatable bonds is 6. The number of likely N-dealkylation sites (tertiary alicyclic amines) is 1. The van der Waals surface area contributed by atoms with Crippen molar-refractivity contribution in [3.8, 4) is 0 Å². The maximum Gasteiger partial charge on any atom is 0.0359 e. The Labute approximate surface area is 111 Å². The summed E-state index contributed by atoms with van der Waals surface area (Å²) in [5.74, 6) is 0. The van der Waals surface area contributed by atoms with E-state index in [1.54, 1.807) is 0 Å². The first-order valence-corrected chi connectivity index (χ1v) is 7.36. The Bertz CT molecular complexity index is 345. The van der Waals surface area contributed by atoms with Crippen LogP contribution < -0.4 is 5.32 Å². The van der Waals surface area contributed by atoms with Crippen LogP contribution in [0.4, 0.5) is 0 Å². The molecule has 1 atom stereocenters. The van der Waals surface area contributed by atoms with Crippen molar-refractivity contribution >= 4 is 0 Å². The third-order valence-corrected chi connectivity index (χ3v) is 4.10. The predicted molar refractivity (Wildman–Crippen MR) is 76.7 cm³/mol. The molecule has 0 spiro atoms. The van der Waals surface area contributed by atoms with Gasteiger partial charge in [0.1, 0.15) is 0 Å². The van der Waals surface area contributed by atoms with Gasteiger partial charge in [0.05, 0.1) is 0 Å². The van der Waals surface area contributed by atoms with E-state index in [-0.39, 0.29) is 0 Å². The molecule has 1 N–H and O–H groups in total. The summed E-state index contributed by atoms with van der Waals surface area (Å²) in [6.45, 7) is 6.62. The first-order chi connectivity index (χ1) is 8.81. The molecule has 3 nitrogen and oxygen atoms in total. The van der Waals surface area contributed by atoms with E-state index in [4.69, 9.17) is 0 Å². The topological polar surface area (TPSA) is 20.2 Å². The zero-order valence-electron chi connectivity index (χ0n) is 11.9. The summed E-state index contributed by atoms with van der Waals surface area (Å²) in [7, 11) is 2.28. The monoisotopic (exact) mass is 249 g/mol. The van der Waals surface area contributed by atoms with Gasteiger partial charge in [-0.3, -0.25) is 0 Å². The SMILES string of the molecule is CCNCc1cccn1CCC1CCCCN1C. The fourth-order valence-corrected chi connectivity index (χ4v) is 2.88. The van der Waals surface area contributed by atoms with E-state index >= 15 is 0 Å². The van der Waals surface area contributed by atoms with Crippen LogP contribution in [0.25, 0.3) is 0 Å². The molecule has 3 heteroatoms. The summed E-state index contributed by atoms with van der Waals surface area (Å²) >= 11 is 0. The van der Waals surface area contributed by atoms with Crippen molar-refractivity contribution in [1.29, 1.82) is 0 Å². The molecule has 1 unspecified atom stereocenters. The van der Waals surface area contributed by atoms with Gasteiger partial charge in [-0.25, -0.2) is 0 Å². The molecular formula is C15H27N3. The molecular weight excluding hydrogens is 222 g/mol.